The normalized spacial score (nSPS) is 0. The fourth-order valence-electron chi connectivity index (χ4n) is 0. The molecule has 0 saturated heterocycles. The molecule has 0 atom stereocenters. The van der Waals surface area contributed by atoms with Crippen molar-refractivity contribution in [1.29, 1.82) is 0 Å². The van der Waals surface area contributed by atoms with Gasteiger partial charge < -0.3 is 4.28 Å². The van der Waals surface area contributed by atoms with Gasteiger partial charge in [-0.2, -0.15) is 0 Å². The minimum Gasteiger partial charge on any atom is -1.00 e. The molecule has 0 unspecified atom stereocenters. The van der Waals surface area contributed by atoms with E-state index in [-0.39, 0.29) is 73.7 Å². The quantitative estimate of drug-likeness (QED) is 0.257. The summed E-state index contributed by atoms with van der Waals surface area (Å²) in [5.74, 6) is 0. The van der Waals surface area contributed by atoms with E-state index in [1.54, 1.807) is 0 Å². The van der Waals surface area contributed by atoms with Gasteiger partial charge in [0.25, 0.3) is 0 Å². The van der Waals surface area contributed by atoms with Crippen LogP contribution < -0.4 is 29.6 Å². The van der Waals surface area contributed by atoms with Crippen molar-refractivity contribution in [2.24, 2.45) is 0 Å². The van der Waals surface area contributed by atoms with Gasteiger partial charge in [-0.1, -0.05) is 0 Å². The fourth-order valence-corrected chi connectivity index (χ4v) is 0. The summed E-state index contributed by atoms with van der Waals surface area (Å²) in [6.45, 7) is 0. The largest absolute Gasteiger partial charge is 2.00 e. The van der Waals surface area contributed by atoms with Gasteiger partial charge in [-0.3, -0.25) is 0 Å². The first-order valence-electron chi connectivity index (χ1n) is 0. The molecule has 12 valence electrons. The molecule has 0 aliphatic carbocycles. The summed E-state index contributed by atoms with van der Waals surface area (Å²) >= 11 is 0. The van der Waals surface area contributed by atoms with E-state index in [9.17, 15) is 0 Å². The van der Waals surface area contributed by atoms with Gasteiger partial charge in [0.15, 0.2) is 0 Å². The Hall–Kier alpha value is 1.90. The van der Waals surface area contributed by atoms with Crippen LogP contribution >= 0.6 is 0 Å². The van der Waals surface area contributed by atoms with Crippen molar-refractivity contribution in [3.8, 4) is 0 Å². The Balaban J connectivity index is 0. The molecule has 0 spiro atoms. The average Bonchev–Trinajstić information content (AvgIpc) is 0. The Morgan fingerprint density at radius 2 is 1.00 bits per heavy atom. The SMILES string of the molecule is [B].[B].[H-].[H-].[H-].[Mg+2].[Na+]. The average molecular weight is 71.9 g/mol. The van der Waals surface area contributed by atoms with E-state index < -0.39 is 0 Å². The molecule has 0 rings (SSSR count). The summed E-state index contributed by atoms with van der Waals surface area (Å²) in [6.07, 6.45) is 0. The topological polar surface area (TPSA) is 0 Å². The van der Waals surface area contributed by atoms with Gasteiger partial charge in [0.2, 0.25) is 0 Å². The summed E-state index contributed by atoms with van der Waals surface area (Å²) in [5, 5.41) is 0. The van der Waals surface area contributed by atoms with Crippen LogP contribution in [0.2, 0.25) is 0 Å². The molecule has 0 aromatic rings. The third-order valence-electron chi connectivity index (χ3n) is 0. The Labute approximate surface area is 73.2 Å². The molecular weight excluding hydrogens is 68.9 g/mol. The Kier molecular flexibility index (Phi) is 203. The standard InChI is InChI=1S/2B.Mg.Na.3H/q;;+2;+1;3*-1. The molecule has 6 radical (unpaired) electrons. The van der Waals surface area contributed by atoms with Crippen LogP contribution in [-0.4, -0.2) is 39.9 Å². The van der Waals surface area contributed by atoms with Crippen LogP contribution in [0, 0.1) is 0 Å². The van der Waals surface area contributed by atoms with E-state index in [1.165, 1.54) is 0 Å². The Morgan fingerprint density at radius 3 is 1.00 bits per heavy atom. The fraction of sp³-hybridized carbons (Fsp3) is 0. The van der Waals surface area contributed by atoms with E-state index >= 15 is 0 Å². The van der Waals surface area contributed by atoms with Gasteiger partial charge in [0.05, 0.1) is 0 Å². The van der Waals surface area contributed by atoms with Crippen molar-refractivity contribution in [1.82, 2.24) is 0 Å². The monoisotopic (exact) mass is 72.0 g/mol. The van der Waals surface area contributed by atoms with Crippen molar-refractivity contribution < 1.29 is 33.8 Å². The Morgan fingerprint density at radius 1 is 1.00 bits per heavy atom. The van der Waals surface area contributed by atoms with Crippen LogP contribution in [0.3, 0.4) is 0 Å². The molecule has 0 aliphatic heterocycles. The van der Waals surface area contributed by atoms with E-state index in [0.29, 0.717) is 0 Å². The number of rotatable bonds is 0. The number of hydrogen-bond donors (Lipinski definition) is 0. The zero-order valence-electron chi connectivity index (χ0n) is 5.86. The first-order chi connectivity index (χ1) is 0. The number of hydrogen-bond acceptors (Lipinski definition) is 0. The molecule has 0 nitrogen and oxygen atoms in total. The van der Waals surface area contributed by atoms with E-state index in [4.69, 9.17) is 0 Å². The molecule has 4 heavy (non-hydrogen) atoms. The van der Waals surface area contributed by atoms with Crippen molar-refractivity contribution >= 4 is 39.9 Å². The minimum atomic E-state index is 0. The molecule has 0 amide bonds. The second-order valence-electron chi connectivity index (χ2n) is 0. The van der Waals surface area contributed by atoms with Gasteiger partial charge in [-0.15, -0.1) is 0 Å². The van der Waals surface area contributed by atoms with Gasteiger partial charge in [-0.25, -0.2) is 0 Å². The van der Waals surface area contributed by atoms with E-state index in [1.807, 2.05) is 0 Å². The van der Waals surface area contributed by atoms with E-state index in [0.717, 1.165) is 0 Å². The van der Waals surface area contributed by atoms with E-state index in [2.05, 4.69) is 0 Å². The van der Waals surface area contributed by atoms with Gasteiger partial charge in [-0.05, 0) is 0 Å². The van der Waals surface area contributed by atoms with Gasteiger partial charge in [0.1, 0.15) is 0 Å². The smallest absolute Gasteiger partial charge is 1.00 e. The van der Waals surface area contributed by atoms with Crippen LogP contribution in [0.5, 0.6) is 0 Å². The molecule has 0 N–H and O–H groups in total. The van der Waals surface area contributed by atoms with Crippen LogP contribution in [0.25, 0.3) is 0 Å². The van der Waals surface area contributed by atoms with Crippen molar-refractivity contribution in [3.63, 3.8) is 0 Å². The molecule has 4 heteroatoms. The summed E-state index contributed by atoms with van der Waals surface area (Å²) in [4.78, 5) is 0. The molecule has 0 aromatic carbocycles. The molecule has 0 fully saturated rings. The third-order valence-corrected chi connectivity index (χ3v) is 0. The van der Waals surface area contributed by atoms with Crippen LogP contribution in [0.1, 0.15) is 4.28 Å². The third kappa shape index (κ3) is 9.09. The predicted molar refractivity (Wildman–Crippen MR) is 20.6 cm³/mol. The zero-order chi connectivity index (χ0) is 0. The zero-order valence-corrected chi connectivity index (χ0v) is 6.28. The molecule has 0 aromatic heterocycles. The van der Waals surface area contributed by atoms with Crippen LogP contribution in [0.4, 0.5) is 0 Å². The minimum absolute atomic E-state index is 0. The summed E-state index contributed by atoms with van der Waals surface area (Å²) < 4.78 is 0. The summed E-state index contributed by atoms with van der Waals surface area (Å²) in [6, 6.07) is 0. The molecule has 0 heterocycles. The second-order valence-corrected chi connectivity index (χ2v) is 0. The molecular formula is H3B2MgNa. The maximum Gasteiger partial charge on any atom is 2.00 e. The van der Waals surface area contributed by atoms with Crippen molar-refractivity contribution in [2.75, 3.05) is 0 Å². The van der Waals surface area contributed by atoms with Crippen LogP contribution in [-0.2, 0) is 0 Å². The maximum atomic E-state index is 0. The maximum absolute atomic E-state index is 0. The first-order valence-corrected chi connectivity index (χ1v) is 0. The molecule has 0 aliphatic rings. The van der Waals surface area contributed by atoms with Gasteiger partial charge >= 0.3 is 52.6 Å². The first kappa shape index (κ1) is 39.3. The Bertz CT molecular complexity index is 12.9. The summed E-state index contributed by atoms with van der Waals surface area (Å²) in [7, 11) is 0. The summed E-state index contributed by atoms with van der Waals surface area (Å²) in [5.41, 5.74) is 0. The van der Waals surface area contributed by atoms with Crippen molar-refractivity contribution in [3.05, 3.63) is 0 Å². The molecule has 0 saturated carbocycles. The predicted octanol–water partition coefficient (Wildman–Crippen LogP) is -3.80. The van der Waals surface area contributed by atoms with Gasteiger partial charge in [0, 0.05) is 16.8 Å². The second kappa shape index (κ2) is 20.7. The molecule has 0 bridgehead atoms. The van der Waals surface area contributed by atoms with Crippen molar-refractivity contribution in [2.45, 2.75) is 0 Å². The van der Waals surface area contributed by atoms with Crippen LogP contribution in [0.15, 0.2) is 0 Å².